The number of carbonyl (C=O) groups is 1. The van der Waals surface area contributed by atoms with Crippen LogP contribution in [0.3, 0.4) is 0 Å². The second kappa shape index (κ2) is 4.69. The summed E-state index contributed by atoms with van der Waals surface area (Å²) in [5.74, 6) is 0.661. The largest absolute Gasteiger partial charge is 0.329 e. The molecule has 0 unspecified atom stereocenters. The van der Waals surface area contributed by atoms with E-state index in [1.165, 1.54) is 11.8 Å². The molecule has 1 amide bonds. The number of halogens is 2. The van der Waals surface area contributed by atoms with Crippen molar-refractivity contribution in [3.05, 3.63) is 21.9 Å². The van der Waals surface area contributed by atoms with E-state index >= 15 is 0 Å². The Morgan fingerprint density at radius 1 is 1.62 bits per heavy atom. The second-order valence-corrected chi connectivity index (χ2v) is 5.07. The maximum Gasteiger partial charge on any atom is 0.273 e. The lowest BCUT2D eigenvalue weighted by molar-refractivity contribution is 0.0970. The van der Waals surface area contributed by atoms with Crippen LogP contribution in [0.4, 0.5) is 0 Å². The average molecular weight is 278 g/mol. The van der Waals surface area contributed by atoms with Crippen molar-refractivity contribution >= 4 is 46.0 Å². The molecular formula is C9H9Cl2N3OS. The maximum atomic E-state index is 11.8. The van der Waals surface area contributed by atoms with Crippen molar-refractivity contribution < 1.29 is 4.79 Å². The zero-order valence-corrected chi connectivity index (χ0v) is 10.8. The monoisotopic (exact) mass is 277 g/mol. The fraction of sp³-hybridized carbons (Fsp3) is 0.333. The van der Waals surface area contributed by atoms with Crippen molar-refractivity contribution in [2.24, 2.45) is 12.0 Å². The molecule has 0 radical (unpaired) electrons. The van der Waals surface area contributed by atoms with Gasteiger partial charge in [0.2, 0.25) is 0 Å². The van der Waals surface area contributed by atoms with Crippen molar-refractivity contribution in [1.29, 1.82) is 0 Å². The summed E-state index contributed by atoms with van der Waals surface area (Å²) in [7, 11) is 1.69. The number of hydrogen-bond donors (Lipinski definition) is 1. The quantitative estimate of drug-likeness (QED) is 0.855. The Labute approximate surface area is 107 Å². The summed E-state index contributed by atoms with van der Waals surface area (Å²) in [4.78, 5) is 16.0. The van der Waals surface area contributed by atoms with Crippen LogP contribution in [-0.2, 0) is 7.05 Å². The summed E-state index contributed by atoms with van der Waals surface area (Å²) in [6, 6.07) is 1.54. The normalized spacial score (nSPS) is 15.1. The summed E-state index contributed by atoms with van der Waals surface area (Å²) in [5, 5.41) is 4.09. The molecule has 86 valence electrons. The number of nitrogens with one attached hydrogen (secondary N) is 1. The summed E-state index contributed by atoms with van der Waals surface area (Å²) in [6.45, 7) is 0.745. The van der Waals surface area contributed by atoms with Crippen LogP contribution in [0, 0.1) is 0 Å². The molecule has 0 saturated carbocycles. The van der Waals surface area contributed by atoms with Crippen LogP contribution in [0.15, 0.2) is 11.1 Å². The fourth-order valence-electron chi connectivity index (χ4n) is 1.33. The molecule has 1 aliphatic rings. The molecule has 0 fully saturated rings. The average Bonchev–Trinajstić information content (AvgIpc) is 2.83. The van der Waals surface area contributed by atoms with Gasteiger partial charge in [0.15, 0.2) is 5.17 Å². The van der Waals surface area contributed by atoms with E-state index in [2.05, 4.69) is 10.3 Å². The van der Waals surface area contributed by atoms with Gasteiger partial charge < -0.3 is 9.88 Å². The van der Waals surface area contributed by atoms with Crippen LogP contribution in [-0.4, -0.2) is 27.9 Å². The molecule has 7 heteroatoms. The van der Waals surface area contributed by atoms with Gasteiger partial charge in [0.25, 0.3) is 5.91 Å². The van der Waals surface area contributed by atoms with Gasteiger partial charge in [0.05, 0.1) is 11.6 Å². The summed E-state index contributed by atoms with van der Waals surface area (Å²) < 4.78 is 1.54. The van der Waals surface area contributed by atoms with Gasteiger partial charge in [0.1, 0.15) is 10.8 Å². The van der Waals surface area contributed by atoms with E-state index in [9.17, 15) is 4.79 Å². The van der Waals surface area contributed by atoms with Crippen LogP contribution in [0.5, 0.6) is 0 Å². The van der Waals surface area contributed by atoms with Gasteiger partial charge in [0, 0.05) is 12.8 Å². The SMILES string of the molecule is Cn1c(C(=O)NC2=NCCS2)cc(Cl)c1Cl. The van der Waals surface area contributed by atoms with E-state index in [1.807, 2.05) is 0 Å². The molecule has 0 spiro atoms. The first-order chi connectivity index (χ1) is 7.59. The minimum Gasteiger partial charge on any atom is -0.329 e. The predicted molar refractivity (Wildman–Crippen MR) is 67.7 cm³/mol. The van der Waals surface area contributed by atoms with Gasteiger partial charge in [-0.2, -0.15) is 0 Å². The number of rotatable bonds is 1. The second-order valence-electron chi connectivity index (χ2n) is 3.22. The van der Waals surface area contributed by atoms with Gasteiger partial charge in [-0.25, -0.2) is 0 Å². The number of amides is 1. The smallest absolute Gasteiger partial charge is 0.273 e. The third kappa shape index (κ3) is 2.21. The Morgan fingerprint density at radius 3 is 2.88 bits per heavy atom. The lowest BCUT2D eigenvalue weighted by Gasteiger charge is -2.05. The van der Waals surface area contributed by atoms with Crippen molar-refractivity contribution in [2.75, 3.05) is 12.3 Å². The standard InChI is InChI=1S/C9H9Cl2N3OS/c1-14-6(4-5(10)7(14)11)8(15)13-9-12-2-3-16-9/h4H,2-3H2,1H3,(H,12,13,15). The number of thioether (sulfide) groups is 1. The summed E-state index contributed by atoms with van der Waals surface area (Å²) in [5.41, 5.74) is 0.421. The first-order valence-corrected chi connectivity index (χ1v) is 6.33. The Kier molecular flexibility index (Phi) is 3.47. The van der Waals surface area contributed by atoms with Gasteiger partial charge >= 0.3 is 0 Å². The van der Waals surface area contributed by atoms with Gasteiger partial charge in [-0.1, -0.05) is 35.0 Å². The lowest BCUT2D eigenvalue weighted by Crippen LogP contribution is -2.28. The van der Waals surface area contributed by atoms with E-state index in [-0.39, 0.29) is 5.91 Å². The van der Waals surface area contributed by atoms with E-state index in [0.29, 0.717) is 21.0 Å². The third-order valence-electron chi connectivity index (χ3n) is 2.15. The molecule has 1 aliphatic heterocycles. The molecule has 0 bridgehead atoms. The van der Waals surface area contributed by atoms with E-state index < -0.39 is 0 Å². The van der Waals surface area contributed by atoms with E-state index in [1.54, 1.807) is 17.7 Å². The van der Waals surface area contributed by atoms with Crippen molar-refractivity contribution in [1.82, 2.24) is 9.88 Å². The number of amidine groups is 1. The Hall–Kier alpha value is -0.650. The highest BCUT2D eigenvalue weighted by atomic mass is 35.5. The van der Waals surface area contributed by atoms with Crippen LogP contribution in [0.25, 0.3) is 0 Å². The summed E-state index contributed by atoms with van der Waals surface area (Å²) >= 11 is 13.2. The maximum absolute atomic E-state index is 11.8. The first-order valence-electron chi connectivity index (χ1n) is 4.59. The number of nitrogens with zero attached hydrogens (tertiary/aromatic N) is 2. The van der Waals surface area contributed by atoms with Crippen LogP contribution >= 0.6 is 35.0 Å². The summed E-state index contributed by atoms with van der Waals surface area (Å²) in [6.07, 6.45) is 0. The van der Waals surface area contributed by atoms with E-state index in [0.717, 1.165) is 12.3 Å². The molecule has 4 nitrogen and oxygen atoms in total. The van der Waals surface area contributed by atoms with Crippen molar-refractivity contribution in [3.63, 3.8) is 0 Å². The van der Waals surface area contributed by atoms with Crippen LogP contribution < -0.4 is 5.32 Å². The van der Waals surface area contributed by atoms with Crippen LogP contribution in [0.1, 0.15) is 10.5 Å². The zero-order valence-electron chi connectivity index (χ0n) is 8.46. The van der Waals surface area contributed by atoms with Gasteiger partial charge in [-0.15, -0.1) is 0 Å². The van der Waals surface area contributed by atoms with Crippen molar-refractivity contribution in [2.45, 2.75) is 0 Å². The Balaban J connectivity index is 2.17. The molecule has 1 N–H and O–H groups in total. The molecule has 1 aromatic rings. The third-order valence-corrected chi connectivity index (χ3v) is 3.89. The number of carbonyl (C=O) groups excluding carboxylic acids is 1. The fourth-order valence-corrected chi connectivity index (χ4v) is 2.43. The molecule has 16 heavy (non-hydrogen) atoms. The van der Waals surface area contributed by atoms with Gasteiger partial charge in [-0.3, -0.25) is 9.79 Å². The minimum atomic E-state index is -0.246. The first kappa shape index (κ1) is 11.8. The molecule has 0 aliphatic carbocycles. The van der Waals surface area contributed by atoms with Crippen molar-refractivity contribution in [3.8, 4) is 0 Å². The molecule has 2 heterocycles. The predicted octanol–water partition coefficient (Wildman–Crippen LogP) is 2.16. The molecule has 0 aromatic carbocycles. The molecule has 1 aromatic heterocycles. The number of aromatic nitrogens is 1. The topological polar surface area (TPSA) is 46.4 Å². The molecule has 2 rings (SSSR count). The van der Waals surface area contributed by atoms with Crippen LogP contribution in [0.2, 0.25) is 10.2 Å². The highest BCUT2D eigenvalue weighted by Crippen LogP contribution is 2.25. The lowest BCUT2D eigenvalue weighted by atomic mass is 10.4. The Morgan fingerprint density at radius 2 is 2.38 bits per heavy atom. The van der Waals surface area contributed by atoms with E-state index in [4.69, 9.17) is 23.2 Å². The number of aliphatic imine (C=N–C) groups is 1. The molecule has 0 saturated heterocycles. The molecule has 0 atom stereocenters. The minimum absolute atomic E-state index is 0.246. The highest BCUT2D eigenvalue weighted by Gasteiger charge is 2.18. The van der Waals surface area contributed by atoms with Gasteiger partial charge in [-0.05, 0) is 6.07 Å². The Bertz CT molecular complexity index is 470. The zero-order chi connectivity index (χ0) is 11.7. The molecular weight excluding hydrogens is 269 g/mol. The number of hydrogen-bond acceptors (Lipinski definition) is 3. The highest BCUT2D eigenvalue weighted by molar-refractivity contribution is 8.14.